The maximum Gasteiger partial charge on any atom is 0.320 e. The molecule has 6 nitrogen and oxygen atoms in total. The van der Waals surface area contributed by atoms with E-state index in [0.29, 0.717) is 6.54 Å². The number of methoxy groups -OCH3 is 2. The van der Waals surface area contributed by atoms with Crippen molar-refractivity contribution < 1.29 is 14.3 Å². The van der Waals surface area contributed by atoms with Crippen molar-refractivity contribution in [3.05, 3.63) is 59.2 Å². The van der Waals surface area contributed by atoms with Gasteiger partial charge in [-0.3, -0.25) is 4.90 Å². The summed E-state index contributed by atoms with van der Waals surface area (Å²) in [5.74, 6) is 1.47. The van der Waals surface area contributed by atoms with Gasteiger partial charge >= 0.3 is 6.03 Å². The highest BCUT2D eigenvalue weighted by atomic mass is 16.5. The number of fused-ring (bicyclic) bond motifs is 1. The Morgan fingerprint density at radius 1 is 0.862 bits per heavy atom. The second kappa shape index (κ2) is 8.74. The summed E-state index contributed by atoms with van der Waals surface area (Å²) in [5, 5.41) is 0. The molecule has 29 heavy (non-hydrogen) atoms. The Morgan fingerprint density at radius 3 is 2.17 bits per heavy atom. The van der Waals surface area contributed by atoms with Crippen molar-refractivity contribution in [3.63, 3.8) is 0 Å². The van der Waals surface area contributed by atoms with Gasteiger partial charge in [-0.2, -0.15) is 0 Å². The number of carbonyl (C=O) groups is 1. The molecular formula is C23H29N3O3. The maximum atomic E-state index is 13.1. The number of piperazine rings is 1. The summed E-state index contributed by atoms with van der Waals surface area (Å²) in [4.78, 5) is 19.5. The predicted octanol–water partition coefficient (Wildman–Crippen LogP) is 3.00. The molecule has 0 N–H and O–H groups in total. The van der Waals surface area contributed by atoms with Crippen LogP contribution in [0.1, 0.15) is 16.7 Å². The van der Waals surface area contributed by atoms with Gasteiger partial charge in [-0.1, -0.05) is 30.3 Å². The lowest BCUT2D eigenvalue weighted by molar-refractivity contribution is 0.106. The monoisotopic (exact) mass is 395 g/mol. The molecule has 2 aliphatic heterocycles. The van der Waals surface area contributed by atoms with Crippen LogP contribution >= 0.6 is 0 Å². The molecule has 2 heterocycles. The normalized spacial score (nSPS) is 17.0. The van der Waals surface area contributed by atoms with E-state index in [1.807, 2.05) is 28.0 Å². The third-order valence-electron chi connectivity index (χ3n) is 5.88. The molecule has 0 aliphatic carbocycles. The number of ether oxygens (including phenoxy) is 2. The SMILES string of the molecule is COc1cc2c(cc1OC)CN(C(=O)N1CCN(Cc3ccccc3)CC1)CC2. The van der Waals surface area contributed by atoms with Gasteiger partial charge in [0.15, 0.2) is 11.5 Å². The van der Waals surface area contributed by atoms with Gasteiger partial charge in [-0.25, -0.2) is 4.79 Å². The number of nitrogens with zero attached hydrogens (tertiary/aromatic N) is 3. The van der Waals surface area contributed by atoms with Crippen molar-refractivity contribution in [2.45, 2.75) is 19.5 Å². The van der Waals surface area contributed by atoms with Gasteiger partial charge in [0.05, 0.1) is 14.2 Å². The zero-order chi connectivity index (χ0) is 20.2. The highest BCUT2D eigenvalue weighted by molar-refractivity contribution is 5.75. The lowest BCUT2D eigenvalue weighted by atomic mass is 9.99. The Balaban J connectivity index is 1.35. The summed E-state index contributed by atoms with van der Waals surface area (Å²) in [7, 11) is 3.30. The first-order valence-corrected chi connectivity index (χ1v) is 10.2. The highest BCUT2D eigenvalue weighted by Crippen LogP contribution is 2.33. The topological polar surface area (TPSA) is 45.3 Å². The smallest absolute Gasteiger partial charge is 0.320 e. The number of rotatable bonds is 4. The minimum atomic E-state index is 0.143. The third kappa shape index (κ3) is 4.32. The molecule has 0 radical (unpaired) electrons. The van der Waals surface area contributed by atoms with E-state index < -0.39 is 0 Å². The fraction of sp³-hybridized carbons (Fsp3) is 0.435. The van der Waals surface area contributed by atoms with E-state index in [9.17, 15) is 4.79 Å². The number of benzene rings is 2. The summed E-state index contributed by atoms with van der Waals surface area (Å²) < 4.78 is 10.8. The minimum Gasteiger partial charge on any atom is -0.493 e. The molecule has 0 bridgehead atoms. The average molecular weight is 396 g/mol. The summed E-state index contributed by atoms with van der Waals surface area (Å²) in [6.07, 6.45) is 0.843. The molecule has 2 aliphatic rings. The largest absolute Gasteiger partial charge is 0.493 e. The van der Waals surface area contributed by atoms with Crippen molar-refractivity contribution in [2.24, 2.45) is 0 Å². The molecule has 1 fully saturated rings. The Kier molecular flexibility index (Phi) is 5.90. The summed E-state index contributed by atoms with van der Waals surface area (Å²) in [5.41, 5.74) is 3.70. The first-order valence-electron chi connectivity index (χ1n) is 10.2. The number of hydrogen-bond donors (Lipinski definition) is 0. The van der Waals surface area contributed by atoms with Gasteiger partial charge in [0.1, 0.15) is 0 Å². The van der Waals surface area contributed by atoms with Gasteiger partial charge in [0, 0.05) is 45.8 Å². The molecule has 0 atom stereocenters. The zero-order valence-electron chi connectivity index (χ0n) is 17.3. The fourth-order valence-corrected chi connectivity index (χ4v) is 4.19. The molecule has 2 aromatic rings. The van der Waals surface area contributed by atoms with E-state index >= 15 is 0 Å². The zero-order valence-corrected chi connectivity index (χ0v) is 17.3. The lowest BCUT2D eigenvalue weighted by Gasteiger charge is -2.39. The summed E-state index contributed by atoms with van der Waals surface area (Å²) in [6, 6.07) is 14.7. The van der Waals surface area contributed by atoms with Crippen molar-refractivity contribution in [2.75, 3.05) is 46.9 Å². The average Bonchev–Trinajstić information content (AvgIpc) is 2.78. The number of carbonyl (C=O) groups excluding carboxylic acids is 1. The minimum absolute atomic E-state index is 0.143. The Labute approximate surface area is 172 Å². The predicted molar refractivity (Wildman–Crippen MR) is 112 cm³/mol. The van der Waals surface area contributed by atoms with Gasteiger partial charge < -0.3 is 19.3 Å². The van der Waals surface area contributed by atoms with Gasteiger partial charge in [0.2, 0.25) is 0 Å². The van der Waals surface area contributed by atoms with Crippen LogP contribution in [0.3, 0.4) is 0 Å². The summed E-state index contributed by atoms with van der Waals surface area (Å²) >= 11 is 0. The first-order chi connectivity index (χ1) is 14.2. The van der Waals surface area contributed by atoms with E-state index in [-0.39, 0.29) is 6.03 Å². The van der Waals surface area contributed by atoms with Gasteiger partial charge in [-0.05, 0) is 35.2 Å². The second-order valence-corrected chi connectivity index (χ2v) is 7.68. The molecule has 2 amide bonds. The van der Waals surface area contributed by atoms with Gasteiger partial charge in [0.25, 0.3) is 0 Å². The van der Waals surface area contributed by atoms with Crippen molar-refractivity contribution >= 4 is 6.03 Å². The van der Waals surface area contributed by atoms with Gasteiger partial charge in [-0.15, -0.1) is 0 Å². The van der Waals surface area contributed by atoms with Crippen LogP contribution in [0.4, 0.5) is 4.79 Å². The third-order valence-corrected chi connectivity index (χ3v) is 5.88. The summed E-state index contributed by atoms with van der Waals surface area (Å²) in [6.45, 7) is 5.69. The molecule has 2 aromatic carbocycles. The Morgan fingerprint density at radius 2 is 1.52 bits per heavy atom. The maximum absolute atomic E-state index is 13.1. The first kappa shape index (κ1) is 19.6. The second-order valence-electron chi connectivity index (χ2n) is 7.68. The van der Waals surface area contributed by atoms with Crippen LogP contribution in [0.2, 0.25) is 0 Å². The number of amides is 2. The van der Waals surface area contributed by atoms with E-state index in [0.717, 1.165) is 62.8 Å². The Bertz CT molecular complexity index is 848. The van der Waals surface area contributed by atoms with Crippen LogP contribution in [-0.4, -0.2) is 67.7 Å². The van der Waals surface area contributed by atoms with E-state index in [4.69, 9.17) is 9.47 Å². The van der Waals surface area contributed by atoms with E-state index in [1.165, 1.54) is 11.1 Å². The fourth-order valence-electron chi connectivity index (χ4n) is 4.19. The van der Waals surface area contributed by atoms with Crippen LogP contribution in [0.25, 0.3) is 0 Å². The number of urea groups is 1. The highest BCUT2D eigenvalue weighted by Gasteiger charge is 2.28. The molecule has 154 valence electrons. The van der Waals surface area contributed by atoms with Crippen LogP contribution in [0.15, 0.2) is 42.5 Å². The molecule has 0 spiro atoms. The quantitative estimate of drug-likeness (QED) is 0.798. The lowest BCUT2D eigenvalue weighted by Crippen LogP contribution is -2.53. The van der Waals surface area contributed by atoms with Crippen molar-refractivity contribution in [1.82, 2.24) is 14.7 Å². The Hall–Kier alpha value is -2.73. The van der Waals surface area contributed by atoms with Crippen LogP contribution < -0.4 is 9.47 Å². The molecule has 0 aromatic heterocycles. The molecule has 6 heteroatoms. The number of hydrogen-bond acceptors (Lipinski definition) is 4. The van der Waals surface area contributed by atoms with Crippen LogP contribution in [0, 0.1) is 0 Å². The van der Waals surface area contributed by atoms with Crippen LogP contribution in [-0.2, 0) is 19.5 Å². The van der Waals surface area contributed by atoms with Crippen molar-refractivity contribution in [1.29, 1.82) is 0 Å². The van der Waals surface area contributed by atoms with E-state index in [2.05, 4.69) is 29.2 Å². The molecule has 0 unspecified atom stereocenters. The molecule has 4 rings (SSSR count). The van der Waals surface area contributed by atoms with Crippen molar-refractivity contribution in [3.8, 4) is 11.5 Å². The van der Waals surface area contributed by atoms with Crippen LogP contribution in [0.5, 0.6) is 11.5 Å². The molecule has 0 saturated carbocycles. The standard InChI is InChI=1S/C23H29N3O3/c1-28-21-14-19-8-9-26(17-20(19)15-22(21)29-2)23(27)25-12-10-24(11-13-25)16-18-6-4-3-5-7-18/h3-7,14-15H,8-13,16-17H2,1-2H3. The molecule has 1 saturated heterocycles. The molecular weight excluding hydrogens is 366 g/mol. The van der Waals surface area contributed by atoms with E-state index in [1.54, 1.807) is 14.2 Å².